The molecule has 2 N–H and O–H groups in total. The Bertz CT molecular complexity index is 694. The molecule has 2 aromatic rings. The summed E-state index contributed by atoms with van der Waals surface area (Å²) in [4.78, 5) is 14.9. The predicted molar refractivity (Wildman–Crippen MR) is 75.8 cm³/mol. The van der Waals surface area contributed by atoms with Gasteiger partial charge in [-0.3, -0.25) is 4.79 Å². The van der Waals surface area contributed by atoms with E-state index in [1.165, 1.54) is 24.4 Å². The highest BCUT2D eigenvalue weighted by Gasteiger charge is 2.39. The molecule has 0 spiro atoms. The number of aromatic nitrogens is 1. The van der Waals surface area contributed by atoms with Gasteiger partial charge < -0.3 is 10.5 Å². The Hall–Kier alpha value is -2.43. The lowest BCUT2D eigenvalue weighted by atomic mass is 9.98. The van der Waals surface area contributed by atoms with Crippen LogP contribution in [0.3, 0.4) is 0 Å². The van der Waals surface area contributed by atoms with Gasteiger partial charge >= 0.3 is 0 Å². The summed E-state index contributed by atoms with van der Waals surface area (Å²) in [7, 11) is 0. The molecule has 3 rings (SSSR count). The quantitative estimate of drug-likeness (QED) is 0.938. The Kier molecular flexibility index (Phi) is 3.12. The number of pyridine rings is 1. The first-order valence-electron chi connectivity index (χ1n) is 6.72. The average molecular weight is 286 g/mol. The number of ether oxygens (including phenoxy) is 1. The molecule has 0 unspecified atom stereocenters. The molecular formula is C16H15FN2O2. The van der Waals surface area contributed by atoms with Crippen LogP contribution in [0, 0.1) is 5.82 Å². The van der Waals surface area contributed by atoms with E-state index in [1.807, 2.05) is 6.07 Å². The summed E-state index contributed by atoms with van der Waals surface area (Å²) in [5, 5.41) is 0. The van der Waals surface area contributed by atoms with Crippen molar-refractivity contribution >= 4 is 5.91 Å². The van der Waals surface area contributed by atoms with Crippen molar-refractivity contribution in [1.29, 1.82) is 0 Å². The molecule has 1 fully saturated rings. The maximum atomic E-state index is 14.1. The lowest BCUT2D eigenvalue weighted by molar-refractivity contribution is 0.1000. The molecule has 0 atom stereocenters. The van der Waals surface area contributed by atoms with E-state index in [-0.39, 0.29) is 22.6 Å². The number of hydrogen-bond acceptors (Lipinski definition) is 3. The summed E-state index contributed by atoms with van der Waals surface area (Å²) in [6, 6.07) is 7.97. The smallest absolute Gasteiger partial charge is 0.250 e. The summed E-state index contributed by atoms with van der Waals surface area (Å²) >= 11 is 0. The molecule has 1 aromatic heterocycles. The monoisotopic (exact) mass is 286 g/mol. The van der Waals surface area contributed by atoms with Crippen molar-refractivity contribution in [3.8, 4) is 11.6 Å². The molecule has 0 bridgehead atoms. The van der Waals surface area contributed by atoms with Crippen LogP contribution in [0.25, 0.3) is 0 Å². The van der Waals surface area contributed by atoms with E-state index in [2.05, 4.69) is 11.9 Å². The van der Waals surface area contributed by atoms with E-state index in [0.717, 1.165) is 18.4 Å². The first-order valence-corrected chi connectivity index (χ1v) is 6.72. The highest BCUT2D eigenvalue weighted by atomic mass is 19.1. The molecular weight excluding hydrogens is 271 g/mol. The number of primary amides is 1. The number of nitrogens with zero attached hydrogens (tertiary/aromatic N) is 1. The molecule has 1 aromatic carbocycles. The Balaban J connectivity index is 1.79. The van der Waals surface area contributed by atoms with Crippen LogP contribution in [-0.2, 0) is 5.41 Å². The fraction of sp³-hybridized carbons (Fsp3) is 0.250. The number of rotatable bonds is 4. The van der Waals surface area contributed by atoms with Crippen molar-refractivity contribution in [3.63, 3.8) is 0 Å². The van der Waals surface area contributed by atoms with Crippen molar-refractivity contribution < 1.29 is 13.9 Å². The minimum Gasteiger partial charge on any atom is -0.436 e. The van der Waals surface area contributed by atoms with Crippen LogP contribution in [0.1, 0.15) is 35.7 Å². The summed E-state index contributed by atoms with van der Waals surface area (Å²) in [6.07, 6.45) is 3.47. The first kappa shape index (κ1) is 13.5. The van der Waals surface area contributed by atoms with Crippen LogP contribution >= 0.6 is 0 Å². The van der Waals surface area contributed by atoms with Crippen molar-refractivity contribution in [2.75, 3.05) is 0 Å². The summed E-state index contributed by atoms with van der Waals surface area (Å²) in [6.45, 7) is 2.12. The Morgan fingerprint density at radius 2 is 2.10 bits per heavy atom. The third kappa shape index (κ3) is 2.72. The Morgan fingerprint density at radius 1 is 1.33 bits per heavy atom. The topological polar surface area (TPSA) is 65.2 Å². The average Bonchev–Trinajstić information content (AvgIpc) is 3.21. The van der Waals surface area contributed by atoms with E-state index in [4.69, 9.17) is 10.5 Å². The van der Waals surface area contributed by atoms with Gasteiger partial charge in [-0.25, -0.2) is 9.37 Å². The largest absolute Gasteiger partial charge is 0.436 e. The van der Waals surface area contributed by atoms with Crippen LogP contribution in [0.5, 0.6) is 11.6 Å². The van der Waals surface area contributed by atoms with Crippen molar-refractivity contribution in [2.45, 2.75) is 25.2 Å². The number of carbonyl (C=O) groups is 1. The number of halogens is 1. The van der Waals surface area contributed by atoms with Crippen molar-refractivity contribution in [3.05, 3.63) is 53.5 Å². The van der Waals surface area contributed by atoms with Gasteiger partial charge in [0.25, 0.3) is 0 Å². The van der Waals surface area contributed by atoms with Crippen LogP contribution in [0.2, 0.25) is 0 Å². The van der Waals surface area contributed by atoms with Crippen molar-refractivity contribution in [1.82, 2.24) is 4.98 Å². The van der Waals surface area contributed by atoms with Crippen molar-refractivity contribution in [2.24, 2.45) is 5.73 Å². The lowest BCUT2D eigenvalue weighted by Crippen LogP contribution is -2.10. The molecule has 0 saturated heterocycles. The molecule has 1 heterocycles. The second-order valence-corrected chi connectivity index (χ2v) is 5.56. The van der Waals surface area contributed by atoms with Gasteiger partial charge in [0.1, 0.15) is 0 Å². The standard InChI is InChI=1S/C16H15FN2O2/c1-16(6-7-16)11-3-4-13(12(17)8-11)21-14-5-2-10(9-19-14)15(18)20/h2-5,8-9H,6-7H2,1H3,(H2,18,20). The van der Waals surface area contributed by atoms with E-state index in [9.17, 15) is 9.18 Å². The summed E-state index contributed by atoms with van der Waals surface area (Å²) < 4.78 is 19.5. The van der Waals surface area contributed by atoms with Crippen LogP contribution in [-0.4, -0.2) is 10.9 Å². The van der Waals surface area contributed by atoms with E-state index in [0.29, 0.717) is 0 Å². The molecule has 21 heavy (non-hydrogen) atoms. The molecule has 0 aliphatic heterocycles. The number of amides is 1. The maximum Gasteiger partial charge on any atom is 0.250 e. The summed E-state index contributed by atoms with van der Waals surface area (Å²) in [5.74, 6) is -0.657. The Labute approximate surface area is 121 Å². The van der Waals surface area contributed by atoms with Gasteiger partial charge in [0.15, 0.2) is 11.6 Å². The number of nitrogens with two attached hydrogens (primary N) is 1. The SMILES string of the molecule is CC1(c2ccc(Oc3ccc(C(N)=O)cn3)c(F)c2)CC1. The lowest BCUT2D eigenvalue weighted by Gasteiger charge is -2.11. The highest BCUT2D eigenvalue weighted by Crippen LogP contribution is 2.48. The molecule has 4 nitrogen and oxygen atoms in total. The molecule has 1 aliphatic rings. The van der Waals surface area contributed by atoms with Gasteiger partial charge in [-0.2, -0.15) is 0 Å². The maximum absolute atomic E-state index is 14.1. The first-order chi connectivity index (χ1) is 9.98. The zero-order valence-corrected chi connectivity index (χ0v) is 11.6. The zero-order valence-electron chi connectivity index (χ0n) is 11.6. The molecule has 5 heteroatoms. The molecule has 1 amide bonds. The van der Waals surface area contributed by atoms with E-state index < -0.39 is 11.7 Å². The molecule has 0 radical (unpaired) electrons. The fourth-order valence-corrected chi connectivity index (χ4v) is 2.13. The minimum absolute atomic E-state index is 0.112. The number of carbonyl (C=O) groups excluding carboxylic acids is 1. The van der Waals surface area contributed by atoms with E-state index in [1.54, 1.807) is 6.07 Å². The summed E-state index contributed by atoms with van der Waals surface area (Å²) in [5.41, 5.74) is 6.50. The Morgan fingerprint density at radius 3 is 2.62 bits per heavy atom. The van der Waals surface area contributed by atoms with Crippen LogP contribution in [0.4, 0.5) is 4.39 Å². The zero-order chi connectivity index (χ0) is 15.0. The number of benzene rings is 1. The van der Waals surface area contributed by atoms with Gasteiger partial charge in [0, 0.05) is 12.3 Å². The van der Waals surface area contributed by atoms with Crippen LogP contribution < -0.4 is 10.5 Å². The van der Waals surface area contributed by atoms with Gasteiger partial charge in [-0.05, 0) is 42.0 Å². The number of hydrogen-bond donors (Lipinski definition) is 1. The molecule has 108 valence electrons. The molecule has 1 saturated carbocycles. The molecule has 1 aliphatic carbocycles. The third-order valence-corrected chi connectivity index (χ3v) is 3.86. The predicted octanol–water partition coefficient (Wildman–Crippen LogP) is 3.16. The van der Waals surface area contributed by atoms with E-state index >= 15 is 0 Å². The van der Waals surface area contributed by atoms with Crippen LogP contribution in [0.15, 0.2) is 36.5 Å². The van der Waals surface area contributed by atoms with Gasteiger partial charge in [-0.1, -0.05) is 13.0 Å². The van der Waals surface area contributed by atoms with Gasteiger partial charge in [0.05, 0.1) is 5.56 Å². The second kappa shape index (κ2) is 4.84. The highest BCUT2D eigenvalue weighted by molar-refractivity contribution is 5.92. The minimum atomic E-state index is -0.567. The third-order valence-electron chi connectivity index (χ3n) is 3.86. The normalized spacial score (nSPS) is 15.5. The fourth-order valence-electron chi connectivity index (χ4n) is 2.13. The van der Waals surface area contributed by atoms with Gasteiger partial charge in [-0.15, -0.1) is 0 Å². The second-order valence-electron chi connectivity index (χ2n) is 5.56. The van der Waals surface area contributed by atoms with Gasteiger partial charge in [0.2, 0.25) is 11.8 Å².